The van der Waals surface area contributed by atoms with Crippen molar-refractivity contribution >= 4 is 26.9 Å². The van der Waals surface area contributed by atoms with Crippen LogP contribution in [0.15, 0.2) is 57.4 Å². The van der Waals surface area contributed by atoms with E-state index in [1.165, 1.54) is 0 Å². The van der Waals surface area contributed by atoms with Crippen LogP contribution >= 0.6 is 15.9 Å². The summed E-state index contributed by atoms with van der Waals surface area (Å²) < 4.78 is 12.3. The van der Waals surface area contributed by atoms with Crippen LogP contribution in [-0.2, 0) is 0 Å². The summed E-state index contributed by atoms with van der Waals surface area (Å²) in [6, 6.07) is 16.1. The number of halogens is 1. The molecule has 3 rings (SSSR count). The van der Waals surface area contributed by atoms with Crippen molar-refractivity contribution in [3.8, 4) is 5.75 Å². The van der Waals surface area contributed by atoms with E-state index in [9.17, 15) is 0 Å². The Morgan fingerprint density at radius 3 is 2.67 bits per heavy atom. The third-order valence-corrected chi connectivity index (χ3v) is 4.14. The minimum Gasteiger partial charge on any atom is -0.497 e. The van der Waals surface area contributed by atoms with Crippen LogP contribution in [0.4, 0.5) is 0 Å². The first-order chi connectivity index (χ1) is 10.2. The van der Waals surface area contributed by atoms with Gasteiger partial charge in [-0.25, -0.2) is 0 Å². The molecule has 1 atom stereocenters. The van der Waals surface area contributed by atoms with Gasteiger partial charge in [-0.15, -0.1) is 0 Å². The van der Waals surface area contributed by atoms with Gasteiger partial charge in [0.1, 0.15) is 17.1 Å². The molecule has 0 spiro atoms. The van der Waals surface area contributed by atoms with E-state index in [1.807, 2.05) is 43.4 Å². The number of methoxy groups -OCH3 is 1. The Labute approximate surface area is 132 Å². The number of benzene rings is 2. The standard InChI is InChI=1S/C17H16BrNO2/c1-19-16(11-5-3-7-13(9-11)20-2)15-10-12-6-4-8-14(18)17(12)21-15/h3-10,16,19H,1-2H3. The van der Waals surface area contributed by atoms with Crippen molar-refractivity contribution in [1.82, 2.24) is 5.32 Å². The fraction of sp³-hybridized carbons (Fsp3) is 0.176. The second-order valence-corrected chi connectivity index (χ2v) is 5.66. The van der Waals surface area contributed by atoms with Crippen LogP contribution in [0.5, 0.6) is 5.75 Å². The average Bonchev–Trinajstić information content (AvgIpc) is 2.93. The minimum absolute atomic E-state index is 0.0144. The third-order valence-electron chi connectivity index (χ3n) is 3.52. The molecule has 0 fully saturated rings. The first kappa shape index (κ1) is 14.2. The molecule has 0 radical (unpaired) electrons. The maximum atomic E-state index is 6.03. The highest BCUT2D eigenvalue weighted by Gasteiger charge is 2.18. The van der Waals surface area contributed by atoms with E-state index in [0.717, 1.165) is 32.5 Å². The van der Waals surface area contributed by atoms with Crippen LogP contribution in [0.3, 0.4) is 0 Å². The van der Waals surface area contributed by atoms with Gasteiger partial charge in [0, 0.05) is 5.39 Å². The number of furan rings is 1. The highest BCUT2D eigenvalue weighted by atomic mass is 79.9. The molecule has 21 heavy (non-hydrogen) atoms. The minimum atomic E-state index is -0.0144. The Bertz CT molecular complexity index is 766. The molecule has 3 aromatic rings. The summed E-state index contributed by atoms with van der Waals surface area (Å²) in [4.78, 5) is 0. The molecule has 0 aliphatic rings. The van der Waals surface area contributed by atoms with Gasteiger partial charge in [-0.2, -0.15) is 0 Å². The van der Waals surface area contributed by atoms with E-state index in [0.29, 0.717) is 0 Å². The lowest BCUT2D eigenvalue weighted by atomic mass is 10.0. The maximum Gasteiger partial charge on any atom is 0.148 e. The zero-order valence-corrected chi connectivity index (χ0v) is 13.5. The Balaban J connectivity index is 2.07. The van der Waals surface area contributed by atoms with Gasteiger partial charge >= 0.3 is 0 Å². The van der Waals surface area contributed by atoms with Gasteiger partial charge in [0.15, 0.2) is 0 Å². The van der Waals surface area contributed by atoms with Gasteiger partial charge in [-0.3, -0.25) is 0 Å². The Morgan fingerprint density at radius 1 is 1.14 bits per heavy atom. The third kappa shape index (κ3) is 2.69. The van der Waals surface area contributed by atoms with Crippen molar-refractivity contribution < 1.29 is 9.15 Å². The van der Waals surface area contributed by atoms with Crippen LogP contribution in [0.1, 0.15) is 17.4 Å². The van der Waals surface area contributed by atoms with Gasteiger partial charge in [-0.1, -0.05) is 24.3 Å². The number of rotatable bonds is 4. The molecule has 0 amide bonds. The molecule has 0 aliphatic heterocycles. The lowest BCUT2D eigenvalue weighted by Gasteiger charge is -2.14. The van der Waals surface area contributed by atoms with E-state index in [2.05, 4.69) is 33.4 Å². The SMILES string of the molecule is CNC(c1cccc(OC)c1)c1cc2cccc(Br)c2o1. The van der Waals surface area contributed by atoms with Crippen molar-refractivity contribution in [2.75, 3.05) is 14.2 Å². The Hall–Kier alpha value is -1.78. The van der Waals surface area contributed by atoms with Gasteiger partial charge < -0.3 is 14.5 Å². The molecule has 1 unspecified atom stereocenters. The first-order valence-electron chi connectivity index (χ1n) is 6.72. The number of nitrogens with one attached hydrogen (secondary N) is 1. The van der Waals surface area contributed by atoms with Gasteiger partial charge in [0.2, 0.25) is 0 Å². The maximum absolute atomic E-state index is 6.03. The van der Waals surface area contributed by atoms with Gasteiger partial charge in [-0.05, 0) is 52.8 Å². The molecular formula is C17H16BrNO2. The highest BCUT2D eigenvalue weighted by Crippen LogP contribution is 2.32. The molecule has 0 saturated heterocycles. The van der Waals surface area contributed by atoms with Crippen molar-refractivity contribution in [2.24, 2.45) is 0 Å². The van der Waals surface area contributed by atoms with Crippen LogP contribution in [0.25, 0.3) is 11.0 Å². The van der Waals surface area contributed by atoms with E-state index in [4.69, 9.17) is 9.15 Å². The fourth-order valence-electron chi connectivity index (χ4n) is 2.48. The predicted molar refractivity (Wildman–Crippen MR) is 87.8 cm³/mol. The second-order valence-electron chi connectivity index (χ2n) is 4.81. The molecule has 4 heteroatoms. The zero-order valence-electron chi connectivity index (χ0n) is 11.9. The molecule has 1 aromatic heterocycles. The number of fused-ring (bicyclic) bond motifs is 1. The number of hydrogen-bond donors (Lipinski definition) is 1. The van der Waals surface area contributed by atoms with E-state index < -0.39 is 0 Å². The molecule has 0 bridgehead atoms. The second kappa shape index (κ2) is 5.92. The van der Waals surface area contributed by atoms with Crippen molar-refractivity contribution in [1.29, 1.82) is 0 Å². The van der Waals surface area contributed by atoms with E-state index in [1.54, 1.807) is 7.11 Å². The largest absolute Gasteiger partial charge is 0.497 e. The lowest BCUT2D eigenvalue weighted by Crippen LogP contribution is -2.16. The molecule has 0 saturated carbocycles. The molecular weight excluding hydrogens is 330 g/mol. The van der Waals surface area contributed by atoms with Gasteiger partial charge in [0.25, 0.3) is 0 Å². The summed E-state index contributed by atoms with van der Waals surface area (Å²) in [6.07, 6.45) is 0. The van der Waals surface area contributed by atoms with Crippen molar-refractivity contribution in [3.63, 3.8) is 0 Å². The smallest absolute Gasteiger partial charge is 0.148 e. The summed E-state index contributed by atoms with van der Waals surface area (Å²) in [7, 11) is 3.60. The van der Waals surface area contributed by atoms with E-state index >= 15 is 0 Å². The molecule has 2 aromatic carbocycles. The number of para-hydroxylation sites is 1. The highest BCUT2D eigenvalue weighted by molar-refractivity contribution is 9.10. The predicted octanol–water partition coefficient (Wildman–Crippen LogP) is 4.51. The summed E-state index contributed by atoms with van der Waals surface area (Å²) in [5.41, 5.74) is 1.97. The van der Waals surface area contributed by atoms with Crippen LogP contribution in [-0.4, -0.2) is 14.2 Å². The summed E-state index contributed by atoms with van der Waals surface area (Å²) in [5.74, 6) is 1.72. The average molecular weight is 346 g/mol. The van der Waals surface area contributed by atoms with E-state index in [-0.39, 0.29) is 6.04 Å². The molecule has 0 aliphatic carbocycles. The summed E-state index contributed by atoms with van der Waals surface area (Å²) >= 11 is 3.53. The quantitative estimate of drug-likeness (QED) is 0.755. The molecule has 1 heterocycles. The van der Waals surface area contributed by atoms with Crippen molar-refractivity contribution in [3.05, 3.63) is 64.3 Å². The number of hydrogen-bond acceptors (Lipinski definition) is 3. The van der Waals surface area contributed by atoms with Crippen LogP contribution in [0, 0.1) is 0 Å². The lowest BCUT2D eigenvalue weighted by molar-refractivity contribution is 0.413. The zero-order chi connectivity index (χ0) is 14.8. The molecule has 108 valence electrons. The van der Waals surface area contributed by atoms with Crippen molar-refractivity contribution in [2.45, 2.75) is 6.04 Å². The Morgan fingerprint density at radius 2 is 1.95 bits per heavy atom. The Kier molecular flexibility index (Phi) is 3.99. The molecule has 1 N–H and O–H groups in total. The van der Waals surface area contributed by atoms with Crippen LogP contribution in [0.2, 0.25) is 0 Å². The summed E-state index contributed by atoms with van der Waals surface area (Å²) in [6.45, 7) is 0. The van der Waals surface area contributed by atoms with Gasteiger partial charge in [0.05, 0.1) is 17.6 Å². The summed E-state index contributed by atoms with van der Waals surface area (Å²) in [5, 5.41) is 4.39. The fourth-order valence-corrected chi connectivity index (χ4v) is 2.95. The number of ether oxygens (including phenoxy) is 1. The normalized spacial score (nSPS) is 12.5. The van der Waals surface area contributed by atoms with Crippen LogP contribution < -0.4 is 10.1 Å². The topological polar surface area (TPSA) is 34.4 Å². The molecule has 3 nitrogen and oxygen atoms in total. The monoisotopic (exact) mass is 345 g/mol. The first-order valence-corrected chi connectivity index (χ1v) is 7.51.